The average molecular weight is 279 g/mol. The summed E-state index contributed by atoms with van der Waals surface area (Å²) in [5, 5.41) is 3.54. The lowest BCUT2D eigenvalue weighted by atomic mass is 9.97. The molecule has 0 bridgehead atoms. The molecule has 0 spiro atoms. The third kappa shape index (κ3) is 4.83. The highest BCUT2D eigenvalue weighted by Crippen LogP contribution is 2.26. The van der Waals surface area contributed by atoms with Crippen LogP contribution in [0.2, 0.25) is 0 Å². The molecule has 1 heterocycles. The van der Waals surface area contributed by atoms with Crippen LogP contribution in [0, 0.1) is 0 Å². The second-order valence-corrected chi connectivity index (χ2v) is 6.05. The van der Waals surface area contributed by atoms with E-state index in [0.717, 1.165) is 26.1 Å². The highest BCUT2D eigenvalue weighted by atomic mass is 32.2. The van der Waals surface area contributed by atoms with Gasteiger partial charge in [0.2, 0.25) is 0 Å². The summed E-state index contributed by atoms with van der Waals surface area (Å²) in [6, 6.07) is 8.68. The van der Waals surface area contributed by atoms with Gasteiger partial charge in [-0.2, -0.15) is 11.8 Å². The van der Waals surface area contributed by atoms with Crippen LogP contribution in [0.5, 0.6) is 0 Å². The number of ether oxygens (including phenoxy) is 1. The van der Waals surface area contributed by atoms with Crippen LogP contribution in [0.4, 0.5) is 0 Å². The third-order valence-corrected chi connectivity index (χ3v) is 4.32. The Morgan fingerprint density at radius 2 is 2.16 bits per heavy atom. The molecule has 106 valence electrons. The van der Waals surface area contributed by atoms with Crippen molar-refractivity contribution < 1.29 is 4.74 Å². The largest absolute Gasteiger partial charge is 0.372 e. The van der Waals surface area contributed by atoms with Crippen LogP contribution in [0.3, 0.4) is 0 Å². The standard InChI is InChI=1S/C16H25NOS/c1-19-12-6-2-5-10-17-13-16-15-8-4-3-7-14(15)9-11-18-16/h3-4,7-8,16-17H,2,5-6,9-13H2,1H3. The molecule has 19 heavy (non-hydrogen) atoms. The first-order valence-corrected chi connectivity index (χ1v) is 8.70. The van der Waals surface area contributed by atoms with Crippen molar-refractivity contribution in [2.45, 2.75) is 31.8 Å². The molecular weight excluding hydrogens is 254 g/mol. The summed E-state index contributed by atoms with van der Waals surface area (Å²) in [7, 11) is 0. The number of hydrogen-bond donors (Lipinski definition) is 1. The van der Waals surface area contributed by atoms with Crippen molar-refractivity contribution >= 4 is 11.8 Å². The fraction of sp³-hybridized carbons (Fsp3) is 0.625. The van der Waals surface area contributed by atoms with Crippen molar-refractivity contribution in [1.29, 1.82) is 0 Å². The van der Waals surface area contributed by atoms with E-state index in [1.807, 2.05) is 11.8 Å². The van der Waals surface area contributed by atoms with Gasteiger partial charge in [-0.3, -0.25) is 0 Å². The SMILES string of the molecule is CSCCCCCNCC1OCCc2ccccc21. The van der Waals surface area contributed by atoms with Crippen LogP contribution in [-0.4, -0.2) is 31.7 Å². The van der Waals surface area contributed by atoms with E-state index in [1.54, 1.807) is 0 Å². The van der Waals surface area contributed by atoms with Crippen LogP contribution in [0.25, 0.3) is 0 Å². The minimum atomic E-state index is 0.246. The molecular formula is C16H25NOS. The van der Waals surface area contributed by atoms with Gasteiger partial charge in [0.15, 0.2) is 0 Å². The topological polar surface area (TPSA) is 21.3 Å². The van der Waals surface area contributed by atoms with Crippen molar-refractivity contribution in [2.75, 3.05) is 31.7 Å². The van der Waals surface area contributed by atoms with E-state index in [9.17, 15) is 0 Å². The van der Waals surface area contributed by atoms with Crippen molar-refractivity contribution in [1.82, 2.24) is 5.32 Å². The summed E-state index contributed by atoms with van der Waals surface area (Å²) in [4.78, 5) is 0. The Balaban J connectivity index is 1.67. The molecule has 0 fully saturated rings. The van der Waals surface area contributed by atoms with Crippen LogP contribution >= 0.6 is 11.8 Å². The van der Waals surface area contributed by atoms with E-state index in [-0.39, 0.29) is 6.10 Å². The molecule has 0 saturated carbocycles. The van der Waals surface area contributed by atoms with E-state index in [0.29, 0.717) is 0 Å². The maximum Gasteiger partial charge on any atom is 0.0952 e. The van der Waals surface area contributed by atoms with Gasteiger partial charge in [0.1, 0.15) is 0 Å². The van der Waals surface area contributed by atoms with Gasteiger partial charge >= 0.3 is 0 Å². The molecule has 0 saturated heterocycles. The first kappa shape index (κ1) is 14.9. The van der Waals surface area contributed by atoms with Crippen molar-refractivity contribution in [3.63, 3.8) is 0 Å². The molecule has 2 rings (SSSR count). The number of nitrogens with one attached hydrogen (secondary N) is 1. The molecule has 1 aliphatic rings. The third-order valence-electron chi connectivity index (χ3n) is 3.62. The highest BCUT2D eigenvalue weighted by molar-refractivity contribution is 7.98. The zero-order valence-corrected chi connectivity index (χ0v) is 12.7. The van der Waals surface area contributed by atoms with E-state index < -0.39 is 0 Å². The monoisotopic (exact) mass is 279 g/mol. The molecule has 1 aromatic carbocycles. The summed E-state index contributed by atoms with van der Waals surface area (Å²) in [5.74, 6) is 1.29. The van der Waals surface area contributed by atoms with Crippen LogP contribution in [0.1, 0.15) is 36.5 Å². The maximum atomic E-state index is 5.88. The minimum absolute atomic E-state index is 0.246. The second-order valence-electron chi connectivity index (χ2n) is 5.07. The van der Waals surface area contributed by atoms with Crippen molar-refractivity contribution in [2.24, 2.45) is 0 Å². The summed E-state index contributed by atoms with van der Waals surface area (Å²) in [6.07, 6.45) is 7.42. The van der Waals surface area contributed by atoms with Gasteiger partial charge in [0, 0.05) is 6.54 Å². The summed E-state index contributed by atoms with van der Waals surface area (Å²) in [5.41, 5.74) is 2.84. The minimum Gasteiger partial charge on any atom is -0.372 e. The summed E-state index contributed by atoms with van der Waals surface area (Å²) < 4.78 is 5.88. The van der Waals surface area contributed by atoms with Crippen LogP contribution in [0.15, 0.2) is 24.3 Å². The van der Waals surface area contributed by atoms with Gasteiger partial charge in [-0.1, -0.05) is 30.7 Å². The molecule has 2 nitrogen and oxygen atoms in total. The van der Waals surface area contributed by atoms with E-state index >= 15 is 0 Å². The van der Waals surface area contributed by atoms with E-state index in [2.05, 4.69) is 35.8 Å². The first-order chi connectivity index (χ1) is 9.42. The zero-order chi connectivity index (χ0) is 13.3. The lowest BCUT2D eigenvalue weighted by molar-refractivity contribution is 0.0426. The summed E-state index contributed by atoms with van der Waals surface area (Å²) in [6.45, 7) is 2.91. The molecule has 1 unspecified atom stereocenters. The normalized spacial score (nSPS) is 18.3. The molecule has 1 atom stereocenters. The fourth-order valence-corrected chi connectivity index (χ4v) is 3.04. The molecule has 3 heteroatoms. The van der Waals surface area contributed by atoms with Crippen LogP contribution in [-0.2, 0) is 11.2 Å². The number of fused-ring (bicyclic) bond motifs is 1. The second kappa shape index (κ2) is 8.62. The predicted molar refractivity (Wildman–Crippen MR) is 83.9 cm³/mol. The Hall–Kier alpha value is -0.510. The number of rotatable bonds is 8. The van der Waals surface area contributed by atoms with Gasteiger partial charge in [-0.05, 0) is 48.9 Å². The Bertz CT molecular complexity index is 370. The van der Waals surface area contributed by atoms with Crippen LogP contribution < -0.4 is 5.32 Å². The Kier molecular flexibility index (Phi) is 6.75. The molecule has 1 aromatic rings. The Morgan fingerprint density at radius 1 is 1.26 bits per heavy atom. The zero-order valence-electron chi connectivity index (χ0n) is 11.9. The summed E-state index contributed by atoms with van der Waals surface area (Å²) >= 11 is 1.94. The highest BCUT2D eigenvalue weighted by Gasteiger charge is 2.19. The molecule has 1 N–H and O–H groups in total. The average Bonchev–Trinajstić information content (AvgIpc) is 2.46. The van der Waals surface area contributed by atoms with Gasteiger partial charge in [-0.25, -0.2) is 0 Å². The van der Waals surface area contributed by atoms with Gasteiger partial charge in [0.25, 0.3) is 0 Å². The predicted octanol–water partition coefficient (Wildman–Crippen LogP) is 3.42. The lowest BCUT2D eigenvalue weighted by Gasteiger charge is -2.26. The molecule has 0 aromatic heterocycles. The van der Waals surface area contributed by atoms with Gasteiger partial charge in [0.05, 0.1) is 12.7 Å². The first-order valence-electron chi connectivity index (χ1n) is 7.31. The number of hydrogen-bond acceptors (Lipinski definition) is 3. The molecule has 0 radical (unpaired) electrons. The molecule has 0 aliphatic carbocycles. The number of benzene rings is 1. The quantitative estimate of drug-likeness (QED) is 0.737. The number of thioether (sulfide) groups is 1. The fourth-order valence-electron chi connectivity index (χ4n) is 2.55. The van der Waals surface area contributed by atoms with Gasteiger partial charge < -0.3 is 10.1 Å². The van der Waals surface area contributed by atoms with Crippen molar-refractivity contribution in [3.8, 4) is 0 Å². The molecule has 1 aliphatic heterocycles. The van der Waals surface area contributed by atoms with Gasteiger partial charge in [-0.15, -0.1) is 0 Å². The maximum absolute atomic E-state index is 5.88. The number of unbranched alkanes of at least 4 members (excludes halogenated alkanes) is 2. The van der Waals surface area contributed by atoms with E-state index in [1.165, 1.54) is 36.1 Å². The smallest absolute Gasteiger partial charge is 0.0952 e. The molecule has 0 amide bonds. The van der Waals surface area contributed by atoms with E-state index in [4.69, 9.17) is 4.74 Å². The Morgan fingerprint density at radius 3 is 3.05 bits per heavy atom. The Labute approximate surface area is 121 Å². The lowest BCUT2D eigenvalue weighted by Crippen LogP contribution is -2.28. The van der Waals surface area contributed by atoms with Crippen molar-refractivity contribution in [3.05, 3.63) is 35.4 Å².